The standard InChI is InChI=1S/C20H21NO6/c1-24-17-8-7-14(10-18(17)26-12-19(22)25-2)20(23)21-11-15-9-13-5-3-4-6-16(13)27-15/h3-8,10,15H,9,11-12H2,1-2H3,(H,21,23). The molecule has 0 aromatic heterocycles. The van der Waals surface area contributed by atoms with Crippen molar-refractivity contribution in [2.24, 2.45) is 0 Å². The van der Waals surface area contributed by atoms with Crippen LogP contribution in [0.1, 0.15) is 15.9 Å². The van der Waals surface area contributed by atoms with Gasteiger partial charge in [-0.3, -0.25) is 4.79 Å². The zero-order valence-corrected chi connectivity index (χ0v) is 15.2. The molecule has 2 aromatic rings. The predicted octanol–water partition coefficient (Wildman–Crippen LogP) is 1.98. The molecule has 0 radical (unpaired) electrons. The number of hydrogen-bond acceptors (Lipinski definition) is 6. The van der Waals surface area contributed by atoms with Gasteiger partial charge in [0.1, 0.15) is 11.9 Å². The van der Waals surface area contributed by atoms with Crippen LogP contribution in [0.2, 0.25) is 0 Å². The number of esters is 1. The number of carbonyl (C=O) groups excluding carboxylic acids is 2. The van der Waals surface area contributed by atoms with E-state index in [1.165, 1.54) is 20.3 Å². The van der Waals surface area contributed by atoms with Crippen LogP contribution in [0.5, 0.6) is 17.2 Å². The number of para-hydroxylation sites is 1. The maximum absolute atomic E-state index is 12.5. The van der Waals surface area contributed by atoms with Crippen molar-refractivity contribution in [2.45, 2.75) is 12.5 Å². The van der Waals surface area contributed by atoms with E-state index in [2.05, 4.69) is 10.1 Å². The zero-order valence-electron chi connectivity index (χ0n) is 15.2. The molecule has 3 rings (SSSR count). The number of carbonyl (C=O) groups is 2. The topological polar surface area (TPSA) is 83.1 Å². The second-order valence-corrected chi connectivity index (χ2v) is 5.99. The molecule has 142 valence electrons. The highest BCUT2D eigenvalue weighted by atomic mass is 16.6. The Morgan fingerprint density at radius 2 is 1.96 bits per heavy atom. The first-order chi connectivity index (χ1) is 13.1. The van der Waals surface area contributed by atoms with E-state index >= 15 is 0 Å². The molecular formula is C20H21NO6. The van der Waals surface area contributed by atoms with E-state index in [0.29, 0.717) is 23.6 Å². The average Bonchev–Trinajstić information content (AvgIpc) is 3.12. The molecule has 1 N–H and O–H groups in total. The summed E-state index contributed by atoms with van der Waals surface area (Å²) in [6.07, 6.45) is 0.659. The average molecular weight is 371 g/mol. The van der Waals surface area contributed by atoms with Crippen LogP contribution in [-0.2, 0) is 16.0 Å². The third-order valence-electron chi connectivity index (χ3n) is 4.20. The molecule has 0 saturated heterocycles. The second-order valence-electron chi connectivity index (χ2n) is 5.99. The number of hydrogen-bond donors (Lipinski definition) is 1. The number of rotatable bonds is 7. The van der Waals surface area contributed by atoms with Crippen molar-refractivity contribution in [2.75, 3.05) is 27.4 Å². The quantitative estimate of drug-likeness (QED) is 0.750. The lowest BCUT2D eigenvalue weighted by molar-refractivity contribution is -0.142. The van der Waals surface area contributed by atoms with Gasteiger partial charge in [-0.1, -0.05) is 18.2 Å². The fourth-order valence-corrected chi connectivity index (χ4v) is 2.80. The number of methoxy groups -OCH3 is 2. The van der Waals surface area contributed by atoms with Crippen molar-refractivity contribution in [1.29, 1.82) is 0 Å². The third-order valence-corrected chi connectivity index (χ3v) is 4.20. The number of nitrogens with one attached hydrogen (secondary N) is 1. The first-order valence-electron chi connectivity index (χ1n) is 8.51. The monoisotopic (exact) mass is 371 g/mol. The number of benzene rings is 2. The Hall–Kier alpha value is -3.22. The van der Waals surface area contributed by atoms with Crippen molar-refractivity contribution >= 4 is 11.9 Å². The van der Waals surface area contributed by atoms with Gasteiger partial charge in [-0.25, -0.2) is 4.79 Å². The number of ether oxygens (including phenoxy) is 4. The van der Waals surface area contributed by atoms with E-state index in [4.69, 9.17) is 14.2 Å². The van der Waals surface area contributed by atoms with Gasteiger partial charge < -0.3 is 24.3 Å². The molecule has 0 bridgehead atoms. The first kappa shape index (κ1) is 18.6. The molecule has 2 aromatic carbocycles. The van der Waals surface area contributed by atoms with Crippen molar-refractivity contribution in [3.63, 3.8) is 0 Å². The van der Waals surface area contributed by atoms with E-state index < -0.39 is 5.97 Å². The predicted molar refractivity (Wildman–Crippen MR) is 97.4 cm³/mol. The minimum atomic E-state index is -0.523. The molecule has 27 heavy (non-hydrogen) atoms. The van der Waals surface area contributed by atoms with E-state index in [0.717, 1.165) is 17.7 Å². The molecule has 0 aliphatic carbocycles. The van der Waals surface area contributed by atoms with Gasteiger partial charge in [0.25, 0.3) is 5.91 Å². The Morgan fingerprint density at radius 1 is 1.15 bits per heavy atom. The van der Waals surface area contributed by atoms with E-state index in [1.807, 2.05) is 24.3 Å². The summed E-state index contributed by atoms with van der Waals surface area (Å²) in [4.78, 5) is 23.7. The molecule has 0 fully saturated rings. The molecule has 1 heterocycles. The SMILES string of the molecule is COC(=O)COc1cc(C(=O)NCC2Cc3ccccc3O2)ccc1OC. The van der Waals surface area contributed by atoms with Crippen molar-refractivity contribution in [1.82, 2.24) is 5.32 Å². The highest BCUT2D eigenvalue weighted by Gasteiger charge is 2.23. The van der Waals surface area contributed by atoms with Crippen molar-refractivity contribution in [3.8, 4) is 17.2 Å². The summed E-state index contributed by atoms with van der Waals surface area (Å²) in [5.41, 5.74) is 1.53. The highest BCUT2D eigenvalue weighted by molar-refractivity contribution is 5.95. The van der Waals surface area contributed by atoms with Crippen LogP contribution < -0.4 is 19.5 Å². The highest BCUT2D eigenvalue weighted by Crippen LogP contribution is 2.29. The third kappa shape index (κ3) is 4.49. The van der Waals surface area contributed by atoms with Crippen LogP contribution in [0.15, 0.2) is 42.5 Å². The van der Waals surface area contributed by atoms with Gasteiger partial charge in [-0.15, -0.1) is 0 Å². The summed E-state index contributed by atoms with van der Waals surface area (Å²) in [5, 5.41) is 2.86. The molecule has 1 aliphatic heterocycles. The van der Waals surface area contributed by atoms with Gasteiger partial charge >= 0.3 is 5.97 Å². The Morgan fingerprint density at radius 3 is 2.70 bits per heavy atom. The molecule has 1 amide bonds. The summed E-state index contributed by atoms with van der Waals surface area (Å²) in [6.45, 7) is 0.115. The fraction of sp³-hybridized carbons (Fsp3) is 0.300. The second kappa shape index (κ2) is 8.44. The first-order valence-corrected chi connectivity index (χ1v) is 8.51. The zero-order chi connectivity index (χ0) is 19.2. The maximum Gasteiger partial charge on any atom is 0.343 e. The van der Waals surface area contributed by atoms with Gasteiger partial charge in [-0.05, 0) is 29.8 Å². The molecule has 1 aliphatic rings. The van der Waals surface area contributed by atoms with E-state index in [1.54, 1.807) is 12.1 Å². The summed E-state index contributed by atoms with van der Waals surface area (Å²) in [7, 11) is 2.76. The normalized spacial score (nSPS) is 14.7. The minimum Gasteiger partial charge on any atom is -0.493 e. The molecule has 7 heteroatoms. The van der Waals surface area contributed by atoms with Crippen LogP contribution in [0.25, 0.3) is 0 Å². The summed E-state index contributed by atoms with van der Waals surface area (Å²) < 4.78 is 20.9. The summed E-state index contributed by atoms with van der Waals surface area (Å²) in [5.74, 6) is 0.787. The molecular weight excluding hydrogens is 350 g/mol. The van der Waals surface area contributed by atoms with Gasteiger partial charge in [0.2, 0.25) is 0 Å². The van der Waals surface area contributed by atoms with Gasteiger partial charge in [-0.2, -0.15) is 0 Å². The number of amides is 1. The Labute approximate surface area is 157 Å². The number of fused-ring (bicyclic) bond motifs is 1. The molecule has 1 unspecified atom stereocenters. The van der Waals surface area contributed by atoms with E-state index in [9.17, 15) is 9.59 Å². The van der Waals surface area contributed by atoms with Crippen molar-refractivity contribution < 1.29 is 28.5 Å². The lowest BCUT2D eigenvalue weighted by Gasteiger charge is -2.14. The molecule has 0 saturated carbocycles. The molecule has 7 nitrogen and oxygen atoms in total. The fourth-order valence-electron chi connectivity index (χ4n) is 2.80. The smallest absolute Gasteiger partial charge is 0.343 e. The Balaban J connectivity index is 1.60. The van der Waals surface area contributed by atoms with Crippen molar-refractivity contribution in [3.05, 3.63) is 53.6 Å². The van der Waals surface area contributed by atoms with Gasteiger partial charge in [0.05, 0.1) is 20.8 Å². The van der Waals surface area contributed by atoms with Gasteiger partial charge in [0, 0.05) is 12.0 Å². The van der Waals surface area contributed by atoms with Crippen LogP contribution >= 0.6 is 0 Å². The lowest BCUT2D eigenvalue weighted by Crippen LogP contribution is -2.34. The molecule has 1 atom stereocenters. The molecule has 0 spiro atoms. The maximum atomic E-state index is 12.5. The Bertz CT molecular complexity index is 810. The van der Waals surface area contributed by atoms with E-state index in [-0.39, 0.29) is 18.6 Å². The van der Waals surface area contributed by atoms with Crippen LogP contribution in [0.4, 0.5) is 0 Å². The van der Waals surface area contributed by atoms with Crippen LogP contribution in [0, 0.1) is 0 Å². The Kier molecular flexibility index (Phi) is 5.80. The van der Waals surface area contributed by atoms with Crippen LogP contribution in [0.3, 0.4) is 0 Å². The summed E-state index contributed by atoms with van der Waals surface area (Å²) in [6, 6.07) is 12.6. The lowest BCUT2D eigenvalue weighted by atomic mass is 10.1. The largest absolute Gasteiger partial charge is 0.493 e. The van der Waals surface area contributed by atoms with Gasteiger partial charge in [0.15, 0.2) is 18.1 Å². The summed E-state index contributed by atoms with van der Waals surface area (Å²) >= 11 is 0. The minimum absolute atomic E-state index is 0.0976. The van der Waals surface area contributed by atoms with Crippen LogP contribution in [-0.4, -0.2) is 45.4 Å².